The molecule has 0 saturated carbocycles. The van der Waals surface area contributed by atoms with E-state index in [2.05, 4.69) is 0 Å². The Morgan fingerprint density at radius 3 is 2.07 bits per heavy atom. The first-order valence-electron chi connectivity index (χ1n) is 8.93. The molecule has 0 spiro atoms. The topological polar surface area (TPSA) is 55.8 Å². The molecule has 0 unspecified atom stereocenters. The van der Waals surface area contributed by atoms with E-state index in [9.17, 15) is 9.90 Å². The highest BCUT2D eigenvalue weighted by Crippen LogP contribution is 2.25. The van der Waals surface area contributed by atoms with Crippen LogP contribution >= 0.6 is 0 Å². The highest BCUT2D eigenvalue weighted by molar-refractivity contribution is 6.00. The van der Waals surface area contributed by atoms with Crippen molar-refractivity contribution in [2.75, 3.05) is 13.2 Å². The third kappa shape index (κ3) is 5.61. The van der Waals surface area contributed by atoms with Crippen molar-refractivity contribution < 1.29 is 19.4 Å². The molecule has 27 heavy (non-hydrogen) atoms. The van der Waals surface area contributed by atoms with Crippen LogP contribution in [0.4, 0.5) is 0 Å². The van der Waals surface area contributed by atoms with Crippen molar-refractivity contribution >= 4 is 5.78 Å². The van der Waals surface area contributed by atoms with Gasteiger partial charge < -0.3 is 14.6 Å². The second-order valence-electron chi connectivity index (χ2n) is 6.13. The molecule has 4 heteroatoms. The van der Waals surface area contributed by atoms with Gasteiger partial charge in [-0.05, 0) is 29.8 Å². The minimum absolute atomic E-state index is 0.0611. The Hall–Kier alpha value is -3.27. The van der Waals surface area contributed by atoms with E-state index in [1.54, 1.807) is 12.1 Å². The number of para-hydroxylation sites is 1. The number of aromatic hydroxyl groups is 1. The number of phenols is 1. The summed E-state index contributed by atoms with van der Waals surface area (Å²) in [6, 6.07) is 23.9. The summed E-state index contributed by atoms with van der Waals surface area (Å²) in [7, 11) is 0. The number of phenolic OH excluding ortho intramolecular Hbond substituents is 1. The largest absolute Gasteiger partial charge is 0.507 e. The Morgan fingerprint density at radius 2 is 1.41 bits per heavy atom. The first-order valence-corrected chi connectivity index (χ1v) is 8.93. The van der Waals surface area contributed by atoms with Gasteiger partial charge in [0.05, 0.1) is 18.8 Å². The summed E-state index contributed by atoms with van der Waals surface area (Å²) in [6.45, 7) is 1.01. The molecule has 3 aromatic rings. The maximum Gasteiger partial charge on any atom is 0.170 e. The van der Waals surface area contributed by atoms with E-state index in [0.717, 1.165) is 11.3 Å². The third-order valence-electron chi connectivity index (χ3n) is 4.05. The molecule has 3 rings (SSSR count). The molecular formula is C23H22O4. The van der Waals surface area contributed by atoms with Crippen LogP contribution in [0.25, 0.3) is 0 Å². The molecule has 4 nitrogen and oxygen atoms in total. The summed E-state index contributed by atoms with van der Waals surface area (Å²) in [5.74, 6) is 1.18. The van der Waals surface area contributed by atoms with Crippen LogP contribution in [0, 0.1) is 0 Å². The van der Waals surface area contributed by atoms with Crippen molar-refractivity contribution in [2.24, 2.45) is 0 Å². The fourth-order valence-electron chi connectivity index (χ4n) is 2.67. The summed E-state index contributed by atoms with van der Waals surface area (Å²) < 4.78 is 11.2. The highest BCUT2D eigenvalue weighted by Gasteiger charge is 2.12. The monoisotopic (exact) mass is 362 g/mol. The maximum atomic E-state index is 12.4. The summed E-state index contributed by atoms with van der Waals surface area (Å²) >= 11 is 0. The lowest BCUT2D eigenvalue weighted by molar-refractivity contribution is 0.0990. The maximum absolute atomic E-state index is 12.4. The smallest absolute Gasteiger partial charge is 0.170 e. The minimum atomic E-state index is -0.124. The number of carbonyl (C=O) groups is 1. The Balaban J connectivity index is 1.47. The van der Waals surface area contributed by atoms with Gasteiger partial charge in [-0.2, -0.15) is 0 Å². The molecule has 0 aliphatic heterocycles. The van der Waals surface area contributed by atoms with E-state index in [0.29, 0.717) is 30.9 Å². The average Bonchev–Trinajstić information content (AvgIpc) is 2.69. The molecule has 0 aliphatic carbocycles. The zero-order valence-electron chi connectivity index (χ0n) is 15.0. The van der Waals surface area contributed by atoms with Gasteiger partial charge in [-0.15, -0.1) is 0 Å². The Bertz CT molecular complexity index is 860. The second-order valence-corrected chi connectivity index (χ2v) is 6.13. The quantitative estimate of drug-likeness (QED) is 0.444. The number of carbonyl (C=O) groups excluding carboxylic acids is 1. The van der Waals surface area contributed by atoms with Gasteiger partial charge in [0.25, 0.3) is 0 Å². The number of ketones is 1. The molecule has 0 heterocycles. The van der Waals surface area contributed by atoms with Crippen molar-refractivity contribution in [3.05, 3.63) is 90.0 Å². The van der Waals surface area contributed by atoms with E-state index >= 15 is 0 Å². The fourth-order valence-corrected chi connectivity index (χ4v) is 2.67. The van der Waals surface area contributed by atoms with Crippen molar-refractivity contribution in [1.29, 1.82) is 0 Å². The predicted molar refractivity (Wildman–Crippen MR) is 105 cm³/mol. The molecule has 1 N–H and O–H groups in total. The van der Waals surface area contributed by atoms with Crippen molar-refractivity contribution in [1.82, 2.24) is 0 Å². The molecule has 0 atom stereocenters. The predicted octanol–water partition coefficient (Wildman–Crippen LogP) is 4.67. The lowest BCUT2D eigenvalue weighted by atomic mass is 10.0. The van der Waals surface area contributed by atoms with Crippen LogP contribution in [0.2, 0.25) is 0 Å². The van der Waals surface area contributed by atoms with Gasteiger partial charge in [0, 0.05) is 18.9 Å². The number of rotatable bonds is 9. The molecule has 0 saturated heterocycles. The van der Waals surface area contributed by atoms with E-state index in [4.69, 9.17) is 9.47 Å². The van der Waals surface area contributed by atoms with Gasteiger partial charge in [-0.25, -0.2) is 0 Å². The van der Waals surface area contributed by atoms with Crippen LogP contribution in [0.15, 0.2) is 78.9 Å². The lowest BCUT2D eigenvalue weighted by Gasteiger charge is -2.10. The van der Waals surface area contributed by atoms with Gasteiger partial charge in [-0.3, -0.25) is 4.79 Å². The second kappa shape index (κ2) is 9.43. The zero-order valence-corrected chi connectivity index (χ0v) is 15.0. The molecule has 0 amide bonds. The standard InChI is InChI=1S/C23H22O4/c24-22(16-18-8-3-1-4-9-18)21-13-12-20(17-23(21)25)27-15-7-14-26-19-10-5-2-6-11-19/h1-6,8-13,17,25H,7,14-16H2. The van der Waals surface area contributed by atoms with Crippen LogP contribution in [0.3, 0.4) is 0 Å². The van der Waals surface area contributed by atoms with Crippen LogP contribution in [0.1, 0.15) is 22.3 Å². The molecule has 0 bridgehead atoms. The Labute approximate surface area is 159 Å². The number of benzene rings is 3. The molecule has 0 aromatic heterocycles. The summed E-state index contributed by atoms with van der Waals surface area (Å²) in [5, 5.41) is 10.2. The normalized spacial score (nSPS) is 10.4. The number of ether oxygens (including phenoxy) is 2. The molecule has 0 aliphatic rings. The summed E-state index contributed by atoms with van der Waals surface area (Å²) in [5.41, 5.74) is 1.22. The first-order chi connectivity index (χ1) is 13.2. The molecule has 0 fully saturated rings. The van der Waals surface area contributed by atoms with Gasteiger partial charge in [-0.1, -0.05) is 48.5 Å². The third-order valence-corrected chi connectivity index (χ3v) is 4.05. The van der Waals surface area contributed by atoms with Crippen LogP contribution in [0.5, 0.6) is 17.2 Å². The van der Waals surface area contributed by atoms with Gasteiger partial charge in [0.2, 0.25) is 0 Å². The Kier molecular flexibility index (Phi) is 6.47. The fraction of sp³-hybridized carbons (Fsp3) is 0.174. The molecule has 138 valence electrons. The van der Waals surface area contributed by atoms with E-state index in [1.165, 1.54) is 6.07 Å². The van der Waals surface area contributed by atoms with E-state index in [-0.39, 0.29) is 18.0 Å². The zero-order chi connectivity index (χ0) is 18.9. The Morgan fingerprint density at radius 1 is 0.778 bits per heavy atom. The minimum Gasteiger partial charge on any atom is -0.507 e. The van der Waals surface area contributed by atoms with Crippen molar-refractivity contribution in [3.63, 3.8) is 0 Å². The van der Waals surface area contributed by atoms with E-state index < -0.39 is 0 Å². The number of hydrogen-bond donors (Lipinski definition) is 1. The number of Topliss-reactive ketones (excluding diaryl/α,β-unsaturated/α-hetero) is 1. The molecule has 0 radical (unpaired) electrons. The van der Waals surface area contributed by atoms with E-state index in [1.807, 2.05) is 60.7 Å². The highest BCUT2D eigenvalue weighted by atomic mass is 16.5. The summed E-state index contributed by atoms with van der Waals surface area (Å²) in [6.07, 6.45) is 0.968. The van der Waals surface area contributed by atoms with Crippen LogP contribution < -0.4 is 9.47 Å². The molecular weight excluding hydrogens is 340 g/mol. The van der Waals surface area contributed by atoms with Crippen LogP contribution in [-0.4, -0.2) is 24.1 Å². The molecule has 3 aromatic carbocycles. The SMILES string of the molecule is O=C(Cc1ccccc1)c1ccc(OCCCOc2ccccc2)cc1O. The average molecular weight is 362 g/mol. The van der Waals surface area contributed by atoms with Crippen LogP contribution in [-0.2, 0) is 6.42 Å². The summed E-state index contributed by atoms with van der Waals surface area (Å²) in [4.78, 5) is 12.4. The first kappa shape index (κ1) is 18.5. The van der Waals surface area contributed by atoms with Gasteiger partial charge in [0.15, 0.2) is 5.78 Å². The lowest BCUT2D eigenvalue weighted by Crippen LogP contribution is -2.06. The van der Waals surface area contributed by atoms with Crippen molar-refractivity contribution in [2.45, 2.75) is 12.8 Å². The van der Waals surface area contributed by atoms with Gasteiger partial charge >= 0.3 is 0 Å². The van der Waals surface area contributed by atoms with Crippen molar-refractivity contribution in [3.8, 4) is 17.2 Å². The van der Waals surface area contributed by atoms with Gasteiger partial charge in [0.1, 0.15) is 17.2 Å². The number of hydrogen-bond acceptors (Lipinski definition) is 4.